The average Bonchev–Trinajstić information content (AvgIpc) is 2.87. The first-order valence-corrected chi connectivity index (χ1v) is 12.0. The summed E-state index contributed by atoms with van der Waals surface area (Å²) in [6, 6.07) is 11.4. The summed E-state index contributed by atoms with van der Waals surface area (Å²) in [7, 11) is 0. The Morgan fingerprint density at radius 2 is 1.92 bits per heavy atom. The maximum atomic E-state index is 13.2. The molecule has 2 heterocycles. The third kappa shape index (κ3) is 6.67. The number of piperidine rings is 1. The molecule has 1 aliphatic heterocycles. The van der Waals surface area contributed by atoms with Crippen LogP contribution < -0.4 is 26.2 Å². The Kier molecular flexibility index (Phi) is 8.41. The molecule has 3 amide bonds. The van der Waals surface area contributed by atoms with E-state index in [-0.39, 0.29) is 24.7 Å². The molecule has 1 aliphatic rings. The summed E-state index contributed by atoms with van der Waals surface area (Å²) >= 11 is 0. The van der Waals surface area contributed by atoms with Crippen molar-refractivity contribution < 1.29 is 23.9 Å². The number of nitrogens with one attached hydrogen (secondary N) is 3. The molecule has 194 valence electrons. The number of anilines is 2. The minimum Gasteiger partial charge on any atom is -0.491 e. The smallest absolute Gasteiger partial charge is 0.280 e. The molecule has 0 radical (unpaired) electrons. The molecule has 0 saturated carbocycles. The Balaban J connectivity index is 1.24. The largest absolute Gasteiger partial charge is 0.491 e. The first kappa shape index (κ1) is 25.8. The van der Waals surface area contributed by atoms with Gasteiger partial charge in [0.05, 0.1) is 12.0 Å². The molecule has 12 heteroatoms. The van der Waals surface area contributed by atoms with Gasteiger partial charge in [-0.1, -0.05) is 11.3 Å². The molecule has 0 bridgehead atoms. The van der Waals surface area contributed by atoms with Gasteiger partial charge in [-0.25, -0.2) is 0 Å². The van der Waals surface area contributed by atoms with Gasteiger partial charge < -0.3 is 20.1 Å². The lowest BCUT2D eigenvalue weighted by molar-refractivity contribution is -0.136. The second-order valence-electron chi connectivity index (χ2n) is 8.45. The van der Waals surface area contributed by atoms with Gasteiger partial charge in [0, 0.05) is 37.9 Å². The van der Waals surface area contributed by atoms with E-state index in [1.54, 1.807) is 42.5 Å². The van der Waals surface area contributed by atoms with E-state index in [2.05, 4.69) is 26.3 Å². The average molecular weight is 509 g/mol. The molecular weight excluding hydrogens is 480 g/mol. The van der Waals surface area contributed by atoms with Crippen LogP contribution in [0.15, 0.2) is 47.3 Å². The number of ether oxygens (including phenoxy) is 2. The third-order valence-electron chi connectivity index (χ3n) is 5.67. The number of amides is 3. The fourth-order valence-corrected chi connectivity index (χ4v) is 3.92. The predicted molar refractivity (Wildman–Crippen MR) is 135 cm³/mol. The summed E-state index contributed by atoms with van der Waals surface area (Å²) in [4.78, 5) is 47.9. The van der Waals surface area contributed by atoms with Gasteiger partial charge in [-0.2, -0.15) is 4.68 Å². The highest BCUT2D eigenvalue weighted by molar-refractivity contribution is 5.99. The van der Waals surface area contributed by atoms with E-state index in [0.29, 0.717) is 60.8 Å². The Morgan fingerprint density at radius 1 is 1.11 bits per heavy atom. The Labute approximate surface area is 212 Å². The van der Waals surface area contributed by atoms with Gasteiger partial charge in [-0.15, -0.1) is 5.10 Å². The summed E-state index contributed by atoms with van der Waals surface area (Å²) in [6.07, 6.45) is 1.02. The van der Waals surface area contributed by atoms with Gasteiger partial charge in [-0.05, 0) is 49.2 Å². The standard InChI is InChI=1S/C25H28N6O6/c1-16(32)27-17-6-8-18(9-7-17)37-15-14-36-13-3-12-26-19-4-2-5-20-23(19)25(35)31(30-29-20)21-10-11-22(33)28-24(21)34/h2,4-9,21,26H,3,10-15H2,1H3,(H,27,32)(H,28,33,34). The first-order chi connectivity index (χ1) is 17.9. The zero-order valence-electron chi connectivity index (χ0n) is 20.4. The molecule has 1 unspecified atom stereocenters. The SMILES string of the molecule is CC(=O)Nc1ccc(OCCOCCCNc2cccc3nnn(C4CCC(=O)NC4=O)c(=O)c23)cc1. The number of fused-ring (bicyclic) bond motifs is 1. The summed E-state index contributed by atoms with van der Waals surface area (Å²) < 4.78 is 12.3. The van der Waals surface area contributed by atoms with E-state index >= 15 is 0 Å². The van der Waals surface area contributed by atoms with E-state index in [1.165, 1.54) is 6.92 Å². The van der Waals surface area contributed by atoms with Gasteiger partial charge >= 0.3 is 0 Å². The van der Waals surface area contributed by atoms with Gasteiger partial charge in [0.1, 0.15) is 23.9 Å². The molecule has 0 spiro atoms. The Hall–Kier alpha value is -4.32. The van der Waals surface area contributed by atoms with Gasteiger partial charge in [0.15, 0.2) is 0 Å². The molecule has 1 aromatic heterocycles. The lowest BCUT2D eigenvalue weighted by Crippen LogP contribution is -2.45. The van der Waals surface area contributed by atoms with Crippen molar-refractivity contribution in [3.05, 3.63) is 52.8 Å². The number of aromatic nitrogens is 3. The van der Waals surface area contributed by atoms with Crippen LogP contribution in [0.5, 0.6) is 5.75 Å². The van der Waals surface area contributed by atoms with E-state index < -0.39 is 17.5 Å². The number of nitrogens with zero attached hydrogens (tertiary/aromatic N) is 3. The Morgan fingerprint density at radius 3 is 2.68 bits per heavy atom. The third-order valence-corrected chi connectivity index (χ3v) is 5.67. The number of hydrogen-bond acceptors (Lipinski definition) is 9. The van der Waals surface area contributed by atoms with Gasteiger partial charge in [-0.3, -0.25) is 24.5 Å². The molecule has 1 fully saturated rings. The molecule has 12 nitrogen and oxygen atoms in total. The minimum absolute atomic E-state index is 0.130. The van der Waals surface area contributed by atoms with Crippen LogP contribution in [-0.4, -0.2) is 59.1 Å². The zero-order valence-corrected chi connectivity index (χ0v) is 20.4. The molecule has 3 aromatic rings. The van der Waals surface area contributed by atoms with Crippen LogP contribution in [0.2, 0.25) is 0 Å². The monoisotopic (exact) mass is 508 g/mol. The highest BCUT2D eigenvalue weighted by Crippen LogP contribution is 2.21. The molecule has 0 aliphatic carbocycles. The second kappa shape index (κ2) is 12.1. The lowest BCUT2D eigenvalue weighted by atomic mass is 10.1. The number of carbonyl (C=O) groups is 3. The topological polar surface area (TPSA) is 154 Å². The van der Waals surface area contributed by atoms with Gasteiger partial charge in [0.25, 0.3) is 11.5 Å². The number of carbonyl (C=O) groups excluding carboxylic acids is 3. The number of hydrogen-bond donors (Lipinski definition) is 3. The number of imide groups is 1. The quantitative estimate of drug-likeness (QED) is 0.259. The summed E-state index contributed by atoms with van der Waals surface area (Å²) in [6.45, 7) is 3.28. The summed E-state index contributed by atoms with van der Waals surface area (Å²) in [5.41, 5.74) is 1.26. The van der Waals surface area contributed by atoms with Crippen LogP contribution in [0.3, 0.4) is 0 Å². The van der Waals surface area contributed by atoms with E-state index in [4.69, 9.17) is 9.47 Å². The van der Waals surface area contributed by atoms with Crippen molar-refractivity contribution in [2.75, 3.05) is 37.0 Å². The fraction of sp³-hybridized carbons (Fsp3) is 0.360. The van der Waals surface area contributed by atoms with Crippen molar-refractivity contribution in [2.24, 2.45) is 0 Å². The minimum atomic E-state index is -0.874. The molecule has 37 heavy (non-hydrogen) atoms. The fourth-order valence-electron chi connectivity index (χ4n) is 3.92. The van der Waals surface area contributed by atoms with Crippen LogP contribution in [0, 0.1) is 0 Å². The normalized spacial score (nSPS) is 15.3. The second-order valence-corrected chi connectivity index (χ2v) is 8.45. The molecule has 2 aromatic carbocycles. The highest BCUT2D eigenvalue weighted by Gasteiger charge is 2.30. The van der Waals surface area contributed by atoms with E-state index in [0.717, 1.165) is 4.68 Å². The van der Waals surface area contributed by atoms with Crippen LogP contribution >= 0.6 is 0 Å². The predicted octanol–water partition coefficient (Wildman–Crippen LogP) is 1.63. The van der Waals surface area contributed by atoms with Gasteiger partial charge in [0.2, 0.25) is 11.8 Å². The zero-order chi connectivity index (χ0) is 26.2. The molecule has 1 atom stereocenters. The summed E-state index contributed by atoms with van der Waals surface area (Å²) in [5.74, 6) is -0.367. The van der Waals surface area contributed by atoms with Crippen molar-refractivity contribution in [1.82, 2.24) is 20.3 Å². The summed E-state index contributed by atoms with van der Waals surface area (Å²) in [5, 5.41) is 16.5. The van der Waals surface area contributed by atoms with Crippen LogP contribution in [-0.2, 0) is 19.1 Å². The number of rotatable bonds is 11. The van der Waals surface area contributed by atoms with Crippen molar-refractivity contribution in [3.8, 4) is 5.75 Å². The molecule has 3 N–H and O–H groups in total. The van der Waals surface area contributed by atoms with E-state index in [1.807, 2.05) is 0 Å². The van der Waals surface area contributed by atoms with Crippen molar-refractivity contribution >= 4 is 40.0 Å². The van der Waals surface area contributed by atoms with Crippen LogP contribution in [0.1, 0.15) is 32.2 Å². The molecule has 1 saturated heterocycles. The Bertz CT molecular complexity index is 1340. The highest BCUT2D eigenvalue weighted by atomic mass is 16.5. The molecule has 4 rings (SSSR count). The van der Waals surface area contributed by atoms with Crippen molar-refractivity contribution in [1.29, 1.82) is 0 Å². The van der Waals surface area contributed by atoms with Crippen LogP contribution in [0.4, 0.5) is 11.4 Å². The lowest BCUT2D eigenvalue weighted by Gasteiger charge is -2.21. The van der Waals surface area contributed by atoms with Crippen LogP contribution in [0.25, 0.3) is 10.9 Å². The maximum absolute atomic E-state index is 13.2. The van der Waals surface area contributed by atoms with E-state index in [9.17, 15) is 19.2 Å². The molecular formula is C25H28N6O6. The maximum Gasteiger partial charge on any atom is 0.280 e. The number of benzene rings is 2. The first-order valence-electron chi connectivity index (χ1n) is 12.0. The van der Waals surface area contributed by atoms with Crippen molar-refractivity contribution in [3.63, 3.8) is 0 Å². The van der Waals surface area contributed by atoms with Crippen molar-refractivity contribution in [2.45, 2.75) is 32.2 Å².